The zero-order valence-electron chi connectivity index (χ0n) is 12.7. The number of aromatic nitrogens is 3. The van der Waals surface area contributed by atoms with Gasteiger partial charge in [0, 0.05) is 17.2 Å². The molecular formula is C16H26N4S. The summed E-state index contributed by atoms with van der Waals surface area (Å²) < 4.78 is 2.49. The van der Waals surface area contributed by atoms with Crippen molar-refractivity contribution in [1.82, 2.24) is 14.8 Å². The van der Waals surface area contributed by atoms with Crippen LogP contribution in [0, 0.1) is 5.92 Å². The minimum atomic E-state index is 0.645. The normalized spacial score (nSPS) is 30.3. The first kappa shape index (κ1) is 14.1. The molecule has 4 nitrogen and oxygen atoms in total. The summed E-state index contributed by atoms with van der Waals surface area (Å²) in [6.45, 7) is 0.824. The lowest BCUT2D eigenvalue weighted by molar-refractivity contribution is 0.481. The molecule has 0 radical (unpaired) electrons. The molecule has 21 heavy (non-hydrogen) atoms. The molecule has 3 aliphatic carbocycles. The van der Waals surface area contributed by atoms with Crippen LogP contribution in [0.2, 0.25) is 0 Å². The predicted molar refractivity (Wildman–Crippen MR) is 85.5 cm³/mol. The maximum absolute atomic E-state index is 6.03. The van der Waals surface area contributed by atoms with Crippen molar-refractivity contribution in [3.63, 3.8) is 0 Å². The second-order valence-corrected chi connectivity index (χ2v) is 8.21. The van der Waals surface area contributed by atoms with E-state index in [1.165, 1.54) is 68.8 Å². The fourth-order valence-electron chi connectivity index (χ4n) is 3.58. The van der Waals surface area contributed by atoms with Gasteiger partial charge in [-0.25, -0.2) is 0 Å². The molecule has 1 heterocycles. The first-order valence-electron chi connectivity index (χ1n) is 8.68. The third-order valence-corrected chi connectivity index (χ3v) is 6.61. The first-order valence-corrected chi connectivity index (χ1v) is 9.56. The van der Waals surface area contributed by atoms with Crippen molar-refractivity contribution in [2.24, 2.45) is 11.7 Å². The first-order chi connectivity index (χ1) is 10.4. The highest BCUT2D eigenvalue weighted by Crippen LogP contribution is 2.47. The second kappa shape index (κ2) is 5.92. The summed E-state index contributed by atoms with van der Waals surface area (Å²) in [5, 5.41) is 10.9. The maximum Gasteiger partial charge on any atom is 0.191 e. The Balaban J connectivity index is 1.55. The molecule has 0 bridgehead atoms. The maximum atomic E-state index is 6.03. The van der Waals surface area contributed by atoms with E-state index < -0.39 is 0 Å². The van der Waals surface area contributed by atoms with Gasteiger partial charge in [0.1, 0.15) is 5.82 Å². The number of thioether (sulfide) groups is 1. The molecule has 2 N–H and O–H groups in total. The fourth-order valence-corrected chi connectivity index (χ4v) is 5.01. The molecule has 2 atom stereocenters. The molecule has 1 aromatic rings. The van der Waals surface area contributed by atoms with Crippen molar-refractivity contribution in [3.8, 4) is 0 Å². The minimum absolute atomic E-state index is 0.645. The average Bonchev–Trinajstić information content (AvgIpc) is 3.37. The van der Waals surface area contributed by atoms with Crippen LogP contribution in [-0.4, -0.2) is 26.6 Å². The SMILES string of the molecule is NCC1CCCCCC1Sc1nnc(C2CC2)n1C1CC1. The van der Waals surface area contributed by atoms with Crippen molar-refractivity contribution in [2.45, 2.75) is 80.2 Å². The van der Waals surface area contributed by atoms with Gasteiger partial charge < -0.3 is 10.3 Å². The lowest BCUT2D eigenvalue weighted by atomic mass is 10.0. The number of hydrogen-bond donors (Lipinski definition) is 1. The summed E-state index contributed by atoms with van der Waals surface area (Å²) in [5.41, 5.74) is 6.03. The Morgan fingerprint density at radius 2 is 1.81 bits per heavy atom. The third-order valence-electron chi connectivity index (χ3n) is 5.19. The van der Waals surface area contributed by atoms with Gasteiger partial charge in [0.2, 0.25) is 0 Å². The fraction of sp³-hybridized carbons (Fsp3) is 0.875. The van der Waals surface area contributed by atoms with E-state index in [4.69, 9.17) is 5.73 Å². The van der Waals surface area contributed by atoms with Crippen molar-refractivity contribution in [1.29, 1.82) is 0 Å². The lowest BCUT2D eigenvalue weighted by Crippen LogP contribution is -2.25. The lowest BCUT2D eigenvalue weighted by Gasteiger charge is -2.23. The van der Waals surface area contributed by atoms with E-state index in [0.717, 1.165) is 6.54 Å². The van der Waals surface area contributed by atoms with Gasteiger partial charge in [-0.3, -0.25) is 0 Å². The van der Waals surface area contributed by atoms with Crippen LogP contribution in [-0.2, 0) is 0 Å². The van der Waals surface area contributed by atoms with Crippen molar-refractivity contribution >= 4 is 11.8 Å². The summed E-state index contributed by atoms with van der Waals surface area (Å²) in [5.74, 6) is 2.64. The quantitative estimate of drug-likeness (QED) is 0.846. The number of nitrogens with two attached hydrogens (primary N) is 1. The molecule has 0 aromatic carbocycles. The largest absolute Gasteiger partial charge is 0.330 e. The van der Waals surface area contributed by atoms with E-state index in [1.54, 1.807) is 0 Å². The molecule has 3 aliphatic rings. The molecule has 3 saturated carbocycles. The monoisotopic (exact) mass is 306 g/mol. The Hall–Kier alpha value is -0.550. The molecule has 0 aliphatic heterocycles. The van der Waals surface area contributed by atoms with E-state index in [2.05, 4.69) is 14.8 Å². The highest BCUT2D eigenvalue weighted by molar-refractivity contribution is 7.99. The molecule has 0 spiro atoms. The predicted octanol–water partition coefficient (Wildman–Crippen LogP) is 3.49. The van der Waals surface area contributed by atoms with Crippen LogP contribution >= 0.6 is 11.8 Å². The van der Waals surface area contributed by atoms with Crippen LogP contribution in [0.25, 0.3) is 0 Å². The smallest absolute Gasteiger partial charge is 0.191 e. The minimum Gasteiger partial charge on any atom is -0.330 e. The summed E-state index contributed by atoms with van der Waals surface area (Å²) in [4.78, 5) is 0. The molecule has 0 saturated heterocycles. The van der Waals surface area contributed by atoms with Gasteiger partial charge in [0.25, 0.3) is 0 Å². The Morgan fingerprint density at radius 1 is 1.00 bits per heavy atom. The van der Waals surface area contributed by atoms with Crippen molar-refractivity contribution in [2.75, 3.05) is 6.54 Å². The van der Waals surface area contributed by atoms with Crippen molar-refractivity contribution in [3.05, 3.63) is 5.82 Å². The molecule has 5 heteroatoms. The molecule has 0 amide bonds. The zero-order chi connectivity index (χ0) is 14.2. The van der Waals surface area contributed by atoms with Crippen molar-refractivity contribution < 1.29 is 0 Å². The summed E-state index contributed by atoms with van der Waals surface area (Å²) in [6.07, 6.45) is 11.9. The van der Waals surface area contributed by atoms with Gasteiger partial charge >= 0.3 is 0 Å². The van der Waals surface area contributed by atoms with Crippen LogP contribution in [0.4, 0.5) is 0 Å². The average molecular weight is 306 g/mol. The van der Waals surface area contributed by atoms with Gasteiger partial charge in [-0.2, -0.15) is 0 Å². The molecular weight excluding hydrogens is 280 g/mol. The Labute approximate surface area is 131 Å². The van der Waals surface area contributed by atoms with E-state index in [0.29, 0.717) is 23.1 Å². The number of nitrogens with zero attached hydrogens (tertiary/aromatic N) is 3. The Kier molecular flexibility index (Phi) is 3.96. The van der Waals surface area contributed by atoms with Gasteiger partial charge in [0.15, 0.2) is 5.16 Å². The van der Waals surface area contributed by atoms with E-state index in [9.17, 15) is 0 Å². The van der Waals surface area contributed by atoms with E-state index in [1.807, 2.05) is 11.8 Å². The summed E-state index contributed by atoms with van der Waals surface area (Å²) >= 11 is 1.98. The third kappa shape index (κ3) is 3.00. The zero-order valence-corrected chi connectivity index (χ0v) is 13.5. The molecule has 1 aromatic heterocycles. The standard InChI is InChI=1S/C16H26N4S/c17-10-12-4-2-1-3-5-14(12)21-16-19-18-15(11-6-7-11)20(16)13-8-9-13/h11-14H,1-10,17H2. The van der Waals surface area contributed by atoms with Gasteiger partial charge in [-0.1, -0.05) is 31.0 Å². The summed E-state index contributed by atoms with van der Waals surface area (Å²) in [7, 11) is 0. The highest BCUT2D eigenvalue weighted by atomic mass is 32.2. The number of rotatable bonds is 5. The highest BCUT2D eigenvalue weighted by Gasteiger charge is 2.37. The van der Waals surface area contributed by atoms with E-state index in [-0.39, 0.29) is 0 Å². The van der Waals surface area contributed by atoms with Crippen LogP contribution in [0.1, 0.15) is 75.6 Å². The van der Waals surface area contributed by atoms with Crippen LogP contribution in [0.5, 0.6) is 0 Å². The van der Waals surface area contributed by atoms with Gasteiger partial charge in [0.05, 0.1) is 0 Å². The molecule has 116 valence electrons. The van der Waals surface area contributed by atoms with Crippen LogP contribution in [0.15, 0.2) is 5.16 Å². The van der Waals surface area contributed by atoms with E-state index >= 15 is 0 Å². The Bertz CT molecular complexity index is 492. The second-order valence-electron chi connectivity index (χ2n) is 7.01. The molecule has 4 rings (SSSR count). The topological polar surface area (TPSA) is 56.7 Å². The van der Waals surface area contributed by atoms with Gasteiger partial charge in [-0.05, 0) is 51.0 Å². The van der Waals surface area contributed by atoms with Gasteiger partial charge in [-0.15, -0.1) is 10.2 Å². The molecule has 3 fully saturated rings. The van der Waals surface area contributed by atoms with Crippen LogP contribution < -0.4 is 5.73 Å². The summed E-state index contributed by atoms with van der Waals surface area (Å²) in [6, 6.07) is 0.695. The number of hydrogen-bond acceptors (Lipinski definition) is 4. The molecule has 2 unspecified atom stereocenters. The van der Waals surface area contributed by atoms with Crippen LogP contribution in [0.3, 0.4) is 0 Å². The Morgan fingerprint density at radius 3 is 2.52 bits per heavy atom.